The zero-order valence-electron chi connectivity index (χ0n) is 17.4. The van der Waals surface area contributed by atoms with Crippen molar-refractivity contribution in [2.75, 3.05) is 37.3 Å². The molecule has 2 aromatic rings. The van der Waals surface area contributed by atoms with E-state index in [-0.39, 0.29) is 16.7 Å². The fourth-order valence-electron chi connectivity index (χ4n) is 4.38. The second-order valence-electron chi connectivity index (χ2n) is 8.42. The molecule has 30 heavy (non-hydrogen) atoms. The molecule has 2 saturated heterocycles. The predicted molar refractivity (Wildman–Crippen MR) is 112 cm³/mol. The van der Waals surface area contributed by atoms with E-state index in [0.717, 1.165) is 19.5 Å². The van der Waals surface area contributed by atoms with Crippen LogP contribution in [-0.2, 0) is 9.84 Å². The monoisotopic (exact) mass is 432 g/mol. The molecule has 0 bridgehead atoms. The lowest BCUT2D eigenvalue weighted by molar-refractivity contribution is 0.0705. The molecular formula is C20H28N6O3S. The van der Waals surface area contributed by atoms with Crippen molar-refractivity contribution in [1.29, 1.82) is 0 Å². The van der Waals surface area contributed by atoms with Crippen LogP contribution in [0.5, 0.6) is 0 Å². The molecule has 1 N–H and O–H groups in total. The Hall–Kier alpha value is -2.49. The standard InChI is InChI=1S/C20H28N6O3S/c1-14-4-3-9-26(13-14)20-21-12-17(30(2,28)29)18(23-20)15-6-10-25(11-7-15)19(27)16-5-8-22-24-16/h5,8,12,14-15H,3-4,6-7,9-11,13H2,1-2H3,(H,22,24). The molecule has 2 aliphatic heterocycles. The Morgan fingerprint density at radius 3 is 2.60 bits per heavy atom. The van der Waals surface area contributed by atoms with Gasteiger partial charge in [-0.3, -0.25) is 9.89 Å². The number of hydrogen-bond donors (Lipinski definition) is 1. The molecule has 162 valence electrons. The summed E-state index contributed by atoms with van der Waals surface area (Å²) in [6.07, 6.45) is 7.82. The molecule has 0 spiro atoms. The largest absolute Gasteiger partial charge is 0.341 e. The van der Waals surface area contributed by atoms with Crippen molar-refractivity contribution in [2.24, 2.45) is 5.92 Å². The molecule has 2 fully saturated rings. The summed E-state index contributed by atoms with van der Waals surface area (Å²) in [5.74, 6) is 1.07. The van der Waals surface area contributed by atoms with Gasteiger partial charge in [0.15, 0.2) is 9.84 Å². The summed E-state index contributed by atoms with van der Waals surface area (Å²) in [7, 11) is -3.44. The zero-order chi connectivity index (χ0) is 21.3. The topological polar surface area (TPSA) is 112 Å². The van der Waals surface area contributed by atoms with Crippen molar-refractivity contribution in [3.8, 4) is 0 Å². The average molecular weight is 433 g/mol. The van der Waals surface area contributed by atoms with Gasteiger partial charge in [0.2, 0.25) is 5.95 Å². The Morgan fingerprint density at radius 2 is 1.97 bits per heavy atom. The van der Waals surface area contributed by atoms with Gasteiger partial charge in [-0.05, 0) is 37.7 Å². The number of nitrogens with zero attached hydrogens (tertiary/aromatic N) is 5. The minimum absolute atomic E-state index is 0.0236. The van der Waals surface area contributed by atoms with Gasteiger partial charge >= 0.3 is 0 Å². The van der Waals surface area contributed by atoms with Crippen LogP contribution in [0.25, 0.3) is 0 Å². The first kappa shape index (κ1) is 20.8. The van der Waals surface area contributed by atoms with Gasteiger partial charge in [-0.1, -0.05) is 6.92 Å². The first-order chi connectivity index (χ1) is 14.3. The molecule has 2 aromatic heterocycles. The minimum Gasteiger partial charge on any atom is -0.341 e. The van der Waals surface area contributed by atoms with Crippen molar-refractivity contribution in [3.05, 3.63) is 29.8 Å². The molecule has 4 heterocycles. The van der Waals surface area contributed by atoms with Crippen LogP contribution in [0.3, 0.4) is 0 Å². The van der Waals surface area contributed by atoms with Crippen LogP contribution < -0.4 is 4.90 Å². The number of hydrogen-bond acceptors (Lipinski definition) is 7. The van der Waals surface area contributed by atoms with Gasteiger partial charge in [0.25, 0.3) is 5.91 Å². The predicted octanol–water partition coefficient (Wildman–Crippen LogP) is 1.86. The number of nitrogens with one attached hydrogen (secondary N) is 1. The van der Waals surface area contributed by atoms with Crippen LogP contribution >= 0.6 is 0 Å². The van der Waals surface area contributed by atoms with Gasteiger partial charge in [0, 0.05) is 44.5 Å². The SMILES string of the molecule is CC1CCCN(c2ncc(S(C)(=O)=O)c(C3CCN(C(=O)c4ccn[nH]4)CC3)n2)C1. The molecule has 4 rings (SSSR count). The van der Waals surface area contributed by atoms with Crippen LogP contribution in [0.1, 0.15) is 54.7 Å². The molecule has 1 unspecified atom stereocenters. The smallest absolute Gasteiger partial charge is 0.271 e. The lowest BCUT2D eigenvalue weighted by Crippen LogP contribution is -2.39. The van der Waals surface area contributed by atoms with Gasteiger partial charge in [-0.25, -0.2) is 18.4 Å². The summed E-state index contributed by atoms with van der Waals surface area (Å²) in [4.78, 5) is 25.8. The fraction of sp³-hybridized carbons (Fsp3) is 0.600. The van der Waals surface area contributed by atoms with Gasteiger partial charge in [0.1, 0.15) is 10.6 Å². The maximum absolute atomic E-state index is 12.5. The normalized spacial score (nSPS) is 21.1. The quantitative estimate of drug-likeness (QED) is 0.785. The summed E-state index contributed by atoms with van der Waals surface area (Å²) in [5.41, 5.74) is 1.06. The summed E-state index contributed by atoms with van der Waals surface area (Å²) in [6, 6.07) is 1.66. The number of aromatic nitrogens is 4. The first-order valence-electron chi connectivity index (χ1n) is 10.4. The van der Waals surface area contributed by atoms with E-state index in [9.17, 15) is 13.2 Å². The number of carbonyl (C=O) groups is 1. The second kappa shape index (κ2) is 8.33. The Morgan fingerprint density at radius 1 is 1.20 bits per heavy atom. The van der Waals surface area contributed by atoms with E-state index in [0.29, 0.717) is 49.2 Å². The molecule has 0 saturated carbocycles. The molecule has 1 atom stereocenters. The average Bonchev–Trinajstić information content (AvgIpc) is 3.27. The van der Waals surface area contributed by atoms with E-state index in [1.165, 1.54) is 18.9 Å². The van der Waals surface area contributed by atoms with E-state index < -0.39 is 9.84 Å². The number of sulfone groups is 1. The van der Waals surface area contributed by atoms with E-state index in [2.05, 4.69) is 27.0 Å². The van der Waals surface area contributed by atoms with E-state index in [4.69, 9.17) is 4.98 Å². The Bertz CT molecular complexity index is 1000. The van der Waals surface area contributed by atoms with Crippen molar-refractivity contribution < 1.29 is 13.2 Å². The number of amides is 1. The van der Waals surface area contributed by atoms with Crippen LogP contribution in [0.4, 0.5) is 5.95 Å². The van der Waals surface area contributed by atoms with Crippen molar-refractivity contribution in [2.45, 2.75) is 43.4 Å². The highest BCUT2D eigenvalue weighted by molar-refractivity contribution is 7.90. The summed E-state index contributed by atoms with van der Waals surface area (Å²) < 4.78 is 24.8. The summed E-state index contributed by atoms with van der Waals surface area (Å²) >= 11 is 0. The van der Waals surface area contributed by atoms with Crippen molar-refractivity contribution in [1.82, 2.24) is 25.1 Å². The molecule has 0 radical (unpaired) electrons. The molecule has 0 aromatic carbocycles. The third kappa shape index (κ3) is 4.33. The highest BCUT2D eigenvalue weighted by Gasteiger charge is 2.31. The molecular weight excluding hydrogens is 404 g/mol. The summed E-state index contributed by atoms with van der Waals surface area (Å²) in [5, 5.41) is 6.54. The van der Waals surface area contributed by atoms with Crippen LogP contribution in [0.15, 0.2) is 23.4 Å². The van der Waals surface area contributed by atoms with Gasteiger partial charge < -0.3 is 9.80 Å². The number of rotatable bonds is 4. The van der Waals surface area contributed by atoms with Gasteiger partial charge in [0.05, 0.1) is 11.9 Å². The van der Waals surface area contributed by atoms with E-state index >= 15 is 0 Å². The highest BCUT2D eigenvalue weighted by Crippen LogP contribution is 2.33. The number of carbonyl (C=O) groups excluding carboxylic acids is 1. The first-order valence-corrected chi connectivity index (χ1v) is 12.3. The van der Waals surface area contributed by atoms with Crippen LogP contribution in [0, 0.1) is 5.92 Å². The lowest BCUT2D eigenvalue weighted by Gasteiger charge is -2.34. The van der Waals surface area contributed by atoms with E-state index in [1.807, 2.05) is 0 Å². The third-order valence-corrected chi connectivity index (χ3v) is 7.12. The number of likely N-dealkylation sites (tertiary alicyclic amines) is 1. The maximum atomic E-state index is 12.5. The number of aromatic amines is 1. The van der Waals surface area contributed by atoms with Gasteiger partial charge in [-0.2, -0.15) is 5.10 Å². The van der Waals surface area contributed by atoms with Crippen molar-refractivity contribution in [3.63, 3.8) is 0 Å². The van der Waals surface area contributed by atoms with Crippen molar-refractivity contribution >= 4 is 21.7 Å². The molecule has 0 aliphatic carbocycles. The Balaban J connectivity index is 1.56. The third-order valence-electron chi connectivity index (χ3n) is 6.01. The fourth-order valence-corrected chi connectivity index (χ4v) is 5.21. The molecule has 9 nitrogen and oxygen atoms in total. The maximum Gasteiger partial charge on any atom is 0.271 e. The minimum atomic E-state index is -3.44. The number of piperidine rings is 2. The van der Waals surface area contributed by atoms with E-state index in [1.54, 1.807) is 17.2 Å². The Kier molecular flexibility index (Phi) is 5.77. The van der Waals surface area contributed by atoms with Gasteiger partial charge in [-0.15, -0.1) is 0 Å². The lowest BCUT2D eigenvalue weighted by atomic mass is 9.93. The molecule has 2 aliphatic rings. The highest BCUT2D eigenvalue weighted by atomic mass is 32.2. The Labute approximate surface area is 176 Å². The summed E-state index contributed by atoms with van der Waals surface area (Å²) in [6.45, 7) is 5.08. The molecule has 1 amide bonds. The number of anilines is 1. The van der Waals surface area contributed by atoms with Crippen LogP contribution in [0.2, 0.25) is 0 Å². The zero-order valence-corrected chi connectivity index (χ0v) is 18.2. The number of H-pyrrole nitrogens is 1. The van der Waals surface area contributed by atoms with Crippen LogP contribution in [-0.4, -0.2) is 71.8 Å². The second-order valence-corrected chi connectivity index (χ2v) is 10.4. The molecule has 10 heteroatoms.